The van der Waals surface area contributed by atoms with Gasteiger partial charge in [0.25, 0.3) is 0 Å². The number of hydrogen-bond donors (Lipinski definition) is 2. The summed E-state index contributed by atoms with van der Waals surface area (Å²) in [5.74, 6) is -0.569. The third-order valence-corrected chi connectivity index (χ3v) is 7.58. The minimum atomic E-state index is -1.14. The van der Waals surface area contributed by atoms with E-state index in [0.717, 1.165) is 54.1 Å². The first-order valence-corrected chi connectivity index (χ1v) is 13.6. The second-order valence-electron chi connectivity index (χ2n) is 10.1. The molecule has 1 atom stereocenters. The van der Waals surface area contributed by atoms with E-state index in [-0.39, 0.29) is 36.4 Å². The van der Waals surface area contributed by atoms with Crippen LogP contribution in [0.15, 0.2) is 79.0 Å². The van der Waals surface area contributed by atoms with Crippen LogP contribution in [0.1, 0.15) is 54.8 Å². The quantitative estimate of drug-likeness (QED) is 0.277. The van der Waals surface area contributed by atoms with Gasteiger partial charge in [0, 0.05) is 34.3 Å². The van der Waals surface area contributed by atoms with Crippen molar-refractivity contribution >= 4 is 22.7 Å². The largest absolute Gasteiger partial charge is 0.496 e. The maximum atomic E-state index is 15.3. The summed E-state index contributed by atoms with van der Waals surface area (Å²) in [5.41, 5.74) is 2.66. The maximum Gasteiger partial charge on any atom is 0.247 e. The number of methoxy groups -OCH3 is 1. The normalized spacial score (nSPS) is 14.6. The van der Waals surface area contributed by atoms with Crippen molar-refractivity contribution < 1.29 is 18.7 Å². The molecule has 4 aromatic rings. The zero-order valence-electron chi connectivity index (χ0n) is 22.2. The van der Waals surface area contributed by atoms with Crippen molar-refractivity contribution in [2.75, 3.05) is 7.11 Å². The van der Waals surface area contributed by atoms with Crippen LogP contribution in [0.25, 0.3) is 10.9 Å². The Balaban J connectivity index is 1.55. The van der Waals surface area contributed by atoms with Gasteiger partial charge in [-0.25, -0.2) is 4.39 Å². The van der Waals surface area contributed by atoms with E-state index < -0.39 is 11.9 Å². The molecular weight excluding hydrogens is 493 g/mol. The molecule has 0 radical (unpaired) electrons. The lowest BCUT2D eigenvalue weighted by Gasteiger charge is -2.34. The Morgan fingerprint density at radius 1 is 0.974 bits per heavy atom. The molecule has 5 rings (SSSR count). The molecule has 0 saturated heterocycles. The molecule has 7 heteroatoms. The Morgan fingerprint density at radius 2 is 1.69 bits per heavy atom. The summed E-state index contributed by atoms with van der Waals surface area (Å²) in [6, 6.07) is 20.3. The number of halogens is 1. The van der Waals surface area contributed by atoms with Crippen LogP contribution in [0.2, 0.25) is 0 Å². The molecule has 0 aliphatic heterocycles. The zero-order chi connectivity index (χ0) is 27.2. The van der Waals surface area contributed by atoms with Gasteiger partial charge < -0.3 is 19.9 Å². The van der Waals surface area contributed by atoms with E-state index >= 15 is 4.39 Å². The number of hydrogen-bond acceptors (Lipinski definition) is 3. The Kier molecular flexibility index (Phi) is 8.25. The second-order valence-corrected chi connectivity index (χ2v) is 10.1. The predicted octanol–water partition coefficient (Wildman–Crippen LogP) is 6.08. The predicted molar refractivity (Wildman–Crippen MR) is 150 cm³/mol. The number of carbonyl (C=O) groups excluding carboxylic acids is 2. The van der Waals surface area contributed by atoms with E-state index in [0.29, 0.717) is 5.75 Å². The molecule has 1 aromatic heterocycles. The summed E-state index contributed by atoms with van der Waals surface area (Å²) in [6.45, 7) is 0.0856. The summed E-state index contributed by atoms with van der Waals surface area (Å²) in [5, 5.41) is 4.09. The number of aromatic amines is 1. The topological polar surface area (TPSA) is 74.4 Å². The van der Waals surface area contributed by atoms with E-state index in [2.05, 4.69) is 10.3 Å². The molecule has 0 bridgehead atoms. The minimum Gasteiger partial charge on any atom is -0.496 e. The zero-order valence-corrected chi connectivity index (χ0v) is 22.2. The molecule has 0 unspecified atom stereocenters. The molecule has 1 saturated carbocycles. The van der Waals surface area contributed by atoms with Crippen molar-refractivity contribution in [1.29, 1.82) is 0 Å². The number of rotatable bonds is 9. The highest BCUT2D eigenvalue weighted by Gasteiger charge is 2.35. The molecule has 1 aliphatic rings. The molecule has 2 N–H and O–H groups in total. The van der Waals surface area contributed by atoms with Gasteiger partial charge in [0.2, 0.25) is 11.8 Å². The Labute approximate surface area is 228 Å². The fourth-order valence-corrected chi connectivity index (χ4v) is 5.56. The number of aromatic nitrogens is 1. The Hall–Kier alpha value is -4.13. The highest BCUT2D eigenvalue weighted by molar-refractivity contribution is 5.92. The molecule has 6 nitrogen and oxygen atoms in total. The van der Waals surface area contributed by atoms with Crippen LogP contribution in [0, 0.1) is 5.82 Å². The van der Waals surface area contributed by atoms with Crippen LogP contribution in [-0.2, 0) is 22.6 Å². The lowest BCUT2D eigenvalue weighted by Crippen LogP contribution is -2.47. The van der Waals surface area contributed by atoms with Gasteiger partial charge in [0.15, 0.2) is 0 Å². The van der Waals surface area contributed by atoms with E-state index in [4.69, 9.17) is 4.74 Å². The number of fused-ring (bicyclic) bond motifs is 1. The number of para-hydroxylation sites is 2. The lowest BCUT2D eigenvalue weighted by atomic mass is 9.94. The van der Waals surface area contributed by atoms with E-state index in [1.807, 2.05) is 54.7 Å². The molecule has 1 aliphatic carbocycles. The minimum absolute atomic E-state index is 0.0114. The van der Waals surface area contributed by atoms with Gasteiger partial charge in [0.1, 0.15) is 17.6 Å². The monoisotopic (exact) mass is 527 g/mol. The van der Waals surface area contributed by atoms with Crippen molar-refractivity contribution in [2.45, 2.75) is 57.2 Å². The van der Waals surface area contributed by atoms with Crippen LogP contribution >= 0.6 is 0 Å². The molecule has 0 spiro atoms. The van der Waals surface area contributed by atoms with E-state index in [1.54, 1.807) is 25.3 Å². The van der Waals surface area contributed by atoms with Gasteiger partial charge in [0.05, 0.1) is 20.1 Å². The second kappa shape index (κ2) is 12.2. The lowest BCUT2D eigenvalue weighted by molar-refractivity contribution is -0.141. The first-order valence-electron chi connectivity index (χ1n) is 13.6. The average Bonchev–Trinajstić information content (AvgIpc) is 3.37. The number of ether oxygens (including phenoxy) is 1. The SMILES string of the molecule is COc1ccccc1CN(C(=O)Cc1c[nH]c2ccccc12)[C@H](C(=O)NC1CCCCC1)c1ccccc1F. The average molecular weight is 528 g/mol. The van der Waals surface area contributed by atoms with Crippen molar-refractivity contribution in [3.63, 3.8) is 0 Å². The highest BCUT2D eigenvalue weighted by atomic mass is 19.1. The van der Waals surface area contributed by atoms with Gasteiger partial charge in [-0.1, -0.05) is 73.9 Å². The third kappa shape index (κ3) is 5.98. The number of nitrogens with one attached hydrogen (secondary N) is 2. The van der Waals surface area contributed by atoms with Crippen LogP contribution < -0.4 is 10.1 Å². The molecule has 39 heavy (non-hydrogen) atoms. The smallest absolute Gasteiger partial charge is 0.247 e. The number of H-pyrrole nitrogens is 1. The van der Waals surface area contributed by atoms with Crippen molar-refractivity contribution in [2.24, 2.45) is 0 Å². The molecule has 1 fully saturated rings. The van der Waals surface area contributed by atoms with Gasteiger partial charge in [-0.15, -0.1) is 0 Å². The van der Waals surface area contributed by atoms with Crippen molar-refractivity contribution in [3.05, 3.63) is 102 Å². The highest BCUT2D eigenvalue weighted by Crippen LogP contribution is 2.31. The molecular formula is C32H34FN3O3. The third-order valence-electron chi connectivity index (χ3n) is 7.58. The summed E-state index contributed by atoms with van der Waals surface area (Å²) in [6.07, 6.45) is 6.87. The van der Waals surface area contributed by atoms with Gasteiger partial charge in [-0.2, -0.15) is 0 Å². The molecule has 202 valence electrons. The van der Waals surface area contributed by atoms with E-state index in [1.165, 1.54) is 11.0 Å². The number of benzene rings is 3. The van der Waals surface area contributed by atoms with Crippen molar-refractivity contribution in [3.8, 4) is 5.75 Å². The van der Waals surface area contributed by atoms with Crippen LogP contribution in [0.4, 0.5) is 4.39 Å². The van der Waals surface area contributed by atoms with Crippen LogP contribution in [0.3, 0.4) is 0 Å². The Bertz CT molecular complexity index is 1440. The van der Waals surface area contributed by atoms with Gasteiger partial charge in [-0.3, -0.25) is 9.59 Å². The first-order chi connectivity index (χ1) is 19.0. The Morgan fingerprint density at radius 3 is 2.49 bits per heavy atom. The molecule has 3 aromatic carbocycles. The first kappa shape index (κ1) is 26.5. The summed E-state index contributed by atoms with van der Waals surface area (Å²) in [4.78, 5) is 32.8. The maximum absolute atomic E-state index is 15.3. The number of nitrogens with zero attached hydrogens (tertiary/aromatic N) is 1. The van der Waals surface area contributed by atoms with Gasteiger partial charge >= 0.3 is 0 Å². The standard InChI is InChI=1S/C32H34FN3O3/c1-39-29-18-10-5-11-22(29)21-36(30(37)19-23-20-34-28-17-9-7-14-25(23)28)31(26-15-6-8-16-27(26)33)32(38)35-24-12-3-2-4-13-24/h5-11,14-18,20,24,31,34H,2-4,12-13,19,21H2,1H3,(H,35,38)/t31-/m0/s1. The number of carbonyl (C=O) groups is 2. The van der Waals surface area contributed by atoms with Crippen LogP contribution in [0.5, 0.6) is 5.75 Å². The van der Waals surface area contributed by atoms with Crippen LogP contribution in [-0.4, -0.2) is 34.8 Å². The molecule has 2 amide bonds. The summed E-state index contributed by atoms with van der Waals surface area (Å²) in [7, 11) is 1.57. The number of amides is 2. The summed E-state index contributed by atoms with van der Waals surface area (Å²) < 4.78 is 20.9. The fraction of sp³-hybridized carbons (Fsp3) is 0.312. The summed E-state index contributed by atoms with van der Waals surface area (Å²) >= 11 is 0. The molecule has 1 heterocycles. The fourth-order valence-electron chi connectivity index (χ4n) is 5.56. The van der Waals surface area contributed by atoms with E-state index in [9.17, 15) is 9.59 Å². The van der Waals surface area contributed by atoms with Gasteiger partial charge in [-0.05, 0) is 36.6 Å². The van der Waals surface area contributed by atoms with Crippen molar-refractivity contribution in [1.82, 2.24) is 15.2 Å².